The quantitative estimate of drug-likeness (QED) is 0.453. The lowest BCUT2D eigenvalue weighted by Crippen LogP contribution is -2.28. The standard InChI is InChI=1S/C18H17N3O6/c22-18(14-8-15(20(23)24)11-16(9-14)21(25)26)19-6-7-27-17-5-4-12-2-1-3-13(12)10-17/h4-5,8-11H,1-3,6-7H2,(H,19,22). The van der Waals surface area contributed by atoms with Crippen molar-refractivity contribution in [1.29, 1.82) is 0 Å². The molecule has 2 aromatic carbocycles. The number of hydrogen-bond acceptors (Lipinski definition) is 6. The zero-order valence-corrected chi connectivity index (χ0v) is 14.3. The number of ether oxygens (including phenoxy) is 1. The van der Waals surface area contributed by atoms with Gasteiger partial charge >= 0.3 is 0 Å². The van der Waals surface area contributed by atoms with Crippen LogP contribution >= 0.6 is 0 Å². The monoisotopic (exact) mass is 371 g/mol. The highest BCUT2D eigenvalue weighted by Gasteiger charge is 2.19. The summed E-state index contributed by atoms with van der Waals surface area (Å²) in [6, 6.07) is 8.74. The van der Waals surface area contributed by atoms with Gasteiger partial charge in [0.05, 0.1) is 28.0 Å². The Labute approximate surface area is 154 Å². The third-order valence-corrected chi connectivity index (χ3v) is 4.31. The van der Waals surface area contributed by atoms with E-state index >= 15 is 0 Å². The van der Waals surface area contributed by atoms with Crippen molar-refractivity contribution < 1.29 is 19.4 Å². The fourth-order valence-corrected chi connectivity index (χ4v) is 3.01. The van der Waals surface area contributed by atoms with Gasteiger partial charge in [-0.15, -0.1) is 0 Å². The van der Waals surface area contributed by atoms with Crippen LogP contribution in [0.1, 0.15) is 27.9 Å². The second kappa shape index (κ2) is 7.81. The number of nitrogens with one attached hydrogen (secondary N) is 1. The van der Waals surface area contributed by atoms with Gasteiger partial charge in [-0.1, -0.05) is 6.07 Å². The van der Waals surface area contributed by atoms with Crippen LogP contribution in [0.3, 0.4) is 0 Å². The number of carbonyl (C=O) groups excluding carboxylic acids is 1. The van der Waals surface area contributed by atoms with Crippen molar-refractivity contribution in [2.24, 2.45) is 0 Å². The van der Waals surface area contributed by atoms with E-state index in [9.17, 15) is 25.0 Å². The van der Waals surface area contributed by atoms with Crippen molar-refractivity contribution in [2.75, 3.05) is 13.2 Å². The Hall–Kier alpha value is -3.49. The second-order valence-electron chi connectivity index (χ2n) is 6.14. The second-order valence-corrected chi connectivity index (χ2v) is 6.14. The molecular weight excluding hydrogens is 354 g/mol. The zero-order valence-electron chi connectivity index (χ0n) is 14.3. The van der Waals surface area contributed by atoms with E-state index in [-0.39, 0.29) is 18.7 Å². The van der Waals surface area contributed by atoms with E-state index in [2.05, 4.69) is 5.32 Å². The first kappa shape index (κ1) is 18.3. The number of amides is 1. The number of nitro groups is 2. The molecule has 0 heterocycles. The summed E-state index contributed by atoms with van der Waals surface area (Å²) in [5.41, 5.74) is 1.45. The molecule has 27 heavy (non-hydrogen) atoms. The molecule has 1 N–H and O–H groups in total. The molecule has 9 heteroatoms. The van der Waals surface area contributed by atoms with Gasteiger partial charge in [0.15, 0.2) is 0 Å². The van der Waals surface area contributed by atoms with E-state index in [0.29, 0.717) is 0 Å². The summed E-state index contributed by atoms with van der Waals surface area (Å²) in [5, 5.41) is 24.3. The van der Waals surface area contributed by atoms with Gasteiger partial charge in [0.2, 0.25) is 0 Å². The molecule has 0 unspecified atom stereocenters. The molecule has 0 spiro atoms. The summed E-state index contributed by atoms with van der Waals surface area (Å²) in [7, 11) is 0. The van der Waals surface area contributed by atoms with Gasteiger partial charge in [0.25, 0.3) is 17.3 Å². The Morgan fingerprint density at radius 1 is 1.00 bits per heavy atom. The van der Waals surface area contributed by atoms with Gasteiger partial charge < -0.3 is 10.1 Å². The molecule has 2 aromatic rings. The lowest BCUT2D eigenvalue weighted by molar-refractivity contribution is -0.394. The van der Waals surface area contributed by atoms with Crippen LogP contribution in [0.15, 0.2) is 36.4 Å². The molecule has 0 saturated heterocycles. The summed E-state index contributed by atoms with van der Waals surface area (Å²) in [6.07, 6.45) is 3.26. The predicted octanol–water partition coefficient (Wildman–Crippen LogP) is 2.80. The number of nitro benzene ring substituents is 2. The number of hydrogen-bond donors (Lipinski definition) is 1. The van der Waals surface area contributed by atoms with E-state index in [4.69, 9.17) is 4.74 Å². The summed E-state index contributed by atoms with van der Waals surface area (Å²) in [6.45, 7) is 0.369. The normalized spacial score (nSPS) is 12.3. The van der Waals surface area contributed by atoms with Crippen LogP contribution in [0.2, 0.25) is 0 Å². The number of fused-ring (bicyclic) bond motifs is 1. The minimum Gasteiger partial charge on any atom is -0.492 e. The predicted molar refractivity (Wildman–Crippen MR) is 96.0 cm³/mol. The molecule has 0 radical (unpaired) electrons. The topological polar surface area (TPSA) is 125 Å². The number of rotatable bonds is 7. The van der Waals surface area contributed by atoms with E-state index in [1.165, 1.54) is 11.1 Å². The largest absolute Gasteiger partial charge is 0.492 e. The highest BCUT2D eigenvalue weighted by atomic mass is 16.6. The molecule has 1 aliphatic rings. The first-order valence-corrected chi connectivity index (χ1v) is 8.41. The molecule has 0 saturated carbocycles. The molecule has 1 aliphatic carbocycles. The van der Waals surface area contributed by atoms with Crippen LogP contribution in [0.4, 0.5) is 11.4 Å². The highest BCUT2D eigenvalue weighted by Crippen LogP contribution is 2.26. The Morgan fingerprint density at radius 3 is 2.33 bits per heavy atom. The summed E-state index contributed by atoms with van der Waals surface area (Å²) < 4.78 is 5.61. The fourth-order valence-electron chi connectivity index (χ4n) is 3.01. The first-order valence-electron chi connectivity index (χ1n) is 8.41. The molecule has 0 aliphatic heterocycles. The summed E-state index contributed by atoms with van der Waals surface area (Å²) in [4.78, 5) is 32.4. The smallest absolute Gasteiger partial charge is 0.277 e. The summed E-state index contributed by atoms with van der Waals surface area (Å²) >= 11 is 0. The van der Waals surface area contributed by atoms with Crippen molar-refractivity contribution in [1.82, 2.24) is 5.32 Å². The van der Waals surface area contributed by atoms with Crippen molar-refractivity contribution >= 4 is 17.3 Å². The maximum Gasteiger partial charge on any atom is 0.277 e. The van der Waals surface area contributed by atoms with E-state index in [1.54, 1.807) is 0 Å². The van der Waals surface area contributed by atoms with Crippen molar-refractivity contribution in [3.63, 3.8) is 0 Å². The van der Waals surface area contributed by atoms with Gasteiger partial charge in [0.1, 0.15) is 12.4 Å². The lowest BCUT2D eigenvalue weighted by atomic mass is 10.1. The van der Waals surface area contributed by atoms with Crippen molar-refractivity contribution in [3.05, 3.63) is 73.3 Å². The minimum atomic E-state index is -0.777. The van der Waals surface area contributed by atoms with Crippen LogP contribution in [0.25, 0.3) is 0 Å². The molecule has 0 bridgehead atoms. The summed E-state index contributed by atoms with van der Waals surface area (Å²) in [5.74, 6) is 0.0789. The van der Waals surface area contributed by atoms with Gasteiger partial charge in [-0.25, -0.2) is 0 Å². The van der Waals surface area contributed by atoms with Crippen LogP contribution in [-0.4, -0.2) is 28.9 Å². The fraction of sp³-hybridized carbons (Fsp3) is 0.278. The van der Waals surface area contributed by atoms with Crippen LogP contribution < -0.4 is 10.1 Å². The third-order valence-electron chi connectivity index (χ3n) is 4.31. The first-order chi connectivity index (χ1) is 12.9. The third kappa shape index (κ3) is 4.38. The maximum absolute atomic E-state index is 12.1. The molecule has 0 aromatic heterocycles. The Morgan fingerprint density at radius 2 is 1.67 bits per heavy atom. The van der Waals surface area contributed by atoms with E-state index in [1.807, 2.05) is 18.2 Å². The van der Waals surface area contributed by atoms with Crippen LogP contribution in [-0.2, 0) is 12.8 Å². The number of nitrogens with zero attached hydrogens (tertiary/aromatic N) is 2. The van der Waals surface area contributed by atoms with Gasteiger partial charge in [-0.2, -0.15) is 0 Å². The average Bonchev–Trinajstić information content (AvgIpc) is 3.12. The van der Waals surface area contributed by atoms with E-state index < -0.39 is 27.1 Å². The maximum atomic E-state index is 12.1. The van der Waals surface area contributed by atoms with Gasteiger partial charge in [-0.05, 0) is 42.5 Å². The highest BCUT2D eigenvalue weighted by molar-refractivity contribution is 5.95. The number of non-ortho nitro benzene ring substituents is 2. The van der Waals surface area contributed by atoms with E-state index in [0.717, 1.165) is 43.2 Å². The molecule has 1 amide bonds. The Kier molecular flexibility index (Phi) is 5.30. The number of carbonyl (C=O) groups is 1. The molecule has 0 atom stereocenters. The van der Waals surface area contributed by atoms with Crippen LogP contribution in [0.5, 0.6) is 5.75 Å². The Balaban J connectivity index is 1.57. The zero-order chi connectivity index (χ0) is 19.4. The Bertz CT molecular complexity index is 880. The molecular formula is C18H17N3O6. The lowest BCUT2D eigenvalue weighted by Gasteiger charge is -2.09. The van der Waals surface area contributed by atoms with Crippen LogP contribution in [0, 0.1) is 20.2 Å². The molecule has 3 rings (SSSR count). The minimum absolute atomic E-state index is 0.145. The van der Waals surface area contributed by atoms with Crippen molar-refractivity contribution in [3.8, 4) is 5.75 Å². The molecule has 0 fully saturated rings. The molecule has 9 nitrogen and oxygen atoms in total. The SMILES string of the molecule is O=C(NCCOc1ccc2c(c1)CCC2)c1cc([N+](=O)[O-])cc([N+](=O)[O-])c1. The van der Waals surface area contributed by atoms with Gasteiger partial charge in [0, 0.05) is 12.1 Å². The van der Waals surface area contributed by atoms with Gasteiger partial charge in [-0.3, -0.25) is 25.0 Å². The number of benzene rings is 2. The van der Waals surface area contributed by atoms with Crippen molar-refractivity contribution in [2.45, 2.75) is 19.3 Å². The molecule has 140 valence electrons. The number of aryl methyl sites for hydroxylation is 2. The average molecular weight is 371 g/mol.